The van der Waals surface area contributed by atoms with E-state index in [-0.39, 0.29) is 0 Å². The number of hydrogen-bond acceptors (Lipinski definition) is 5. The summed E-state index contributed by atoms with van der Waals surface area (Å²) in [6.45, 7) is 0.663. The molecule has 2 rings (SSSR count). The first-order valence-electron chi connectivity index (χ1n) is 4.08. The van der Waals surface area contributed by atoms with E-state index in [1.165, 1.54) is 0 Å². The van der Waals surface area contributed by atoms with Gasteiger partial charge in [0, 0.05) is 13.5 Å². The van der Waals surface area contributed by atoms with Gasteiger partial charge in [-0.1, -0.05) is 10.3 Å². The Morgan fingerprint density at radius 2 is 2.43 bits per heavy atom. The monoisotopic (exact) mass is 211 g/mol. The van der Waals surface area contributed by atoms with Crippen LogP contribution in [0.4, 0.5) is 0 Å². The third kappa shape index (κ3) is 1.84. The van der Waals surface area contributed by atoms with E-state index in [0.29, 0.717) is 17.7 Å². The third-order valence-electron chi connectivity index (χ3n) is 1.74. The molecule has 8 heteroatoms. The average Bonchev–Trinajstić information content (AvgIpc) is 2.72. The van der Waals surface area contributed by atoms with Crippen molar-refractivity contribution >= 4 is 12.2 Å². The van der Waals surface area contributed by atoms with Gasteiger partial charge in [0.2, 0.25) is 4.77 Å². The molecule has 1 N–H and O–H groups in total. The van der Waals surface area contributed by atoms with Crippen molar-refractivity contribution in [3.8, 4) is 0 Å². The van der Waals surface area contributed by atoms with Crippen LogP contribution in [0, 0.1) is 4.77 Å². The maximum atomic E-state index is 4.92. The standard InChI is InChI=1S/C6H9N7S/c1-12-4-7-5(9-12)2-3-13-6(14)8-10-11-13/h4H,2-3H2,1H3,(H,8,11,14). The molecule has 0 bridgehead atoms. The lowest BCUT2D eigenvalue weighted by molar-refractivity contribution is 0.569. The highest BCUT2D eigenvalue weighted by Crippen LogP contribution is 1.93. The summed E-state index contributed by atoms with van der Waals surface area (Å²) in [7, 11) is 1.83. The van der Waals surface area contributed by atoms with Gasteiger partial charge in [0.25, 0.3) is 0 Å². The molecule has 0 aliphatic heterocycles. The van der Waals surface area contributed by atoms with Gasteiger partial charge >= 0.3 is 0 Å². The predicted molar refractivity (Wildman–Crippen MR) is 49.9 cm³/mol. The van der Waals surface area contributed by atoms with Crippen molar-refractivity contribution < 1.29 is 0 Å². The first kappa shape index (κ1) is 9.00. The van der Waals surface area contributed by atoms with Gasteiger partial charge in [-0.05, 0) is 12.2 Å². The van der Waals surface area contributed by atoms with Gasteiger partial charge in [-0.3, -0.25) is 4.68 Å². The number of H-pyrrole nitrogens is 1. The van der Waals surface area contributed by atoms with Crippen molar-refractivity contribution in [2.24, 2.45) is 7.05 Å². The molecule has 0 unspecified atom stereocenters. The van der Waals surface area contributed by atoms with Gasteiger partial charge in [-0.15, -0.1) is 0 Å². The second-order valence-electron chi connectivity index (χ2n) is 2.82. The first-order valence-corrected chi connectivity index (χ1v) is 4.49. The molecule has 0 aliphatic carbocycles. The minimum absolute atomic E-state index is 0.445. The van der Waals surface area contributed by atoms with Gasteiger partial charge in [0.05, 0.1) is 6.54 Å². The number of aromatic nitrogens is 7. The highest BCUT2D eigenvalue weighted by atomic mass is 32.1. The highest BCUT2D eigenvalue weighted by Gasteiger charge is 2.00. The van der Waals surface area contributed by atoms with E-state index in [1.807, 2.05) is 7.05 Å². The molecule has 0 amide bonds. The summed E-state index contributed by atoms with van der Waals surface area (Å²) >= 11 is 4.92. The Kier molecular flexibility index (Phi) is 2.35. The van der Waals surface area contributed by atoms with E-state index in [4.69, 9.17) is 12.2 Å². The molecular formula is C6H9N7S. The molecular weight excluding hydrogens is 202 g/mol. The summed E-state index contributed by atoms with van der Waals surface area (Å²) in [6.07, 6.45) is 2.37. The Bertz CT molecular complexity index is 466. The number of hydrogen-bond donors (Lipinski definition) is 1. The van der Waals surface area contributed by atoms with E-state index in [1.54, 1.807) is 15.7 Å². The van der Waals surface area contributed by atoms with Crippen LogP contribution < -0.4 is 0 Å². The summed E-state index contributed by atoms with van der Waals surface area (Å²) in [4.78, 5) is 4.09. The number of rotatable bonds is 3. The summed E-state index contributed by atoms with van der Waals surface area (Å²) in [5.41, 5.74) is 0. The van der Waals surface area contributed by atoms with Crippen LogP contribution in [0.15, 0.2) is 6.33 Å². The fourth-order valence-electron chi connectivity index (χ4n) is 1.07. The Morgan fingerprint density at radius 3 is 3.00 bits per heavy atom. The topological polar surface area (TPSA) is 77.2 Å². The SMILES string of the molecule is Cn1cnc(CCn2[nH]nnc2=S)n1. The zero-order valence-electron chi connectivity index (χ0n) is 7.58. The Balaban J connectivity index is 2.01. The van der Waals surface area contributed by atoms with Gasteiger partial charge in [0.15, 0.2) is 5.82 Å². The van der Waals surface area contributed by atoms with Crippen molar-refractivity contribution in [3.63, 3.8) is 0 Å². The maximum absolute atomic E-state index is 4.92. The van der Waals surface area contributed by atoms with Gasteiger partial charge < -0.3 is 0 Å². The third-order valence-corrected chi connectivity index (χ3v) is 2.04. The normalized spacial score (nSPS) is 10.6. The summed E-state index contributed by atoms with van der Waals surface area (Å²) in [5, 5.41) is 14.1. The Morgan fingerprint density at radius 1 is 1.57 bits per heavy atom. The smallest absolute Gasteiger partial charge is 0.238 e. The van der Waals surface area contributed by atoms with Crippen molar-refractivity contribution in [1.82, 2.24) is 35.0 Å². The van der Waals surface area contributed by atoms with E-state index < -0.39 is 0 Å². The van der Waals surface area contributed by atoms with Crippen LogP contribution in [0.25, 0.3) is 0 Å². The van der Waals surface area contributed by atoms with Crippen molar-refractivity contribution in [3.05, 3.63) is 16.9 Å². The largest absolute Gasteiger partial charge is 0.256 e. The van der Waals surface area contributed by atoms with Gasteiger partial charge in [-0.25, -0.2) is 9.67 Å². The maximum Gasteiger partial charge on any atom is 0.238 e. The van der Waals surface area contributed by atoms with Crippen LogP contribution in [-0.2, 0) is 20.0 Å². The van der Waals surface area contributed by atoms with Crippen LogP contribution in [0.5, 0.6) is 0 Å². The van der Waals surface area contributed by atoms with Crippen LogP contribution in [0.2, 0.25) is 0 Å². The van der Waals surface area contributed by atoms with Crippen molar-refractivity contribution in [1.29, 1.82) is 0 Å². The van der Waals surface area contributed by atoms with E-state index in [9.17, 15) is 0 Å². The summed E-state index contributed by atoms with van der Waals surface area (Å²) in [5.74, 6) is 0.781. The van der Waals surface area contributed by atoms with E-state index in [0.717, 1.165) is 5.82 Å². The second-order valence-corrected chi connectivity index (χ2v) is 3.18. The molecule has 0 atom stereocenters. The number of nitrogens with zero attached hydrogens (tertiary/aromatic N) is 6. The fourth-order valence-corrected chi connectivity index (χ4v) is 1.24. The van der Waals surface area contributed by atoms with Crippen molar-refractivity contribution in [2.75, 3.05) is 0 Å². The fraction of sp³-hybridized carbons (Fsp3) is 0.500. The highest BCUT2D eigenvalue weighted by molar-refractivity contribution is 7.71. The molecule has 74 valence electrons. The van der Waals surface area contributed by atoms with Gasteiger partial charge in [0.1, 0.15) is 6.33 Å². The quantitative estimate of drug-likeness (QED) is 0.706. The molecule has 0 saturated heterocycles. The minimum Gasteiger partial charge on any atom is -0.256 e. The molecule has 2 aromatic rings. The molecule has 0 aromatic carbocycles. The lowest BCUT2D eigenvalue weighted by Crippen LogP contribution is -2.05. The molecule has 14 heavy (non-hydrogen) atoms. The number of aromatic amines is 1. The molecule has 7 nitrogen and oxygen atoms in total. The molecule has 2 heterocycles. The van der Waals surface area contributed by atoms with E-state index >= 15 is 0 Å². The number of aryl methyl sites for hydroxylation is 3. The summed E-state index contributed by atoms with van der Waals surface area (Å²) in [6, 6.07) is 0. The van der Waals surface area contributed by atoms with Crippen LogP contribution in [-0.4, -0.2) is 35.0 Å². The lowest BCUT2D eigenvalue weighted by Gasteiger charge is -1.96. The molecule has 0 radical (unpaired) electrons. The zero-order chi connectivity index (χ0) is 9.97. The van der Waals surface area contributed by atoms with E-state index in [2.05, 4.69) is 25.6 Å². The molecule has 0 spiro atoms. The number of tetrazole rings is 1. The molecule has 0 saturated carbocycles. The molecule has 2 aromatic heterocycles. The Hall–Kier alpha value is -1.57. The Labute approximate surface area is 84.8 Å². The lowest BCUT2D eigenvalue weighted by atomic mass is 10.4. The summed E-state index contributed by atoms with van der Waals surface area (Å²) < 4.78 is 3.78. The first-order chi connectivity index (χ1) is 6.75. The molecule has 0 aliphatic rings. The predicted octanol–water partition coefficient (Wildman–Crippen LogP) is -0.293. The minimum atomic E-state index is 0.445. The van der Waals surface area contributed by atoms with Crippen LogP contribution >= 0.6 is 12.2 Å². The van der Waals surface area contributed by atoms with Gasteiger partial charge in [-0.2, -0.15) is 10.3 Å². The second kappa shape index (κ2) is 3.66. The molecule has 0 fully saturated rings. The van der Waals surface area contributed by atoms with Crippen LogP contribution in [0.3, 0.4) is 0 Å². The van der Waals surface area contributed by atoms with Crippen LogP contribution in [0.1, 0.15) is 5.82 Å². The van der Waals surface area contributed by atoms with Crippen molar-refractivity contribution in [2.45, 2.75) is 13.0 Å². The number of nitrogens with one attached hydrogen (secondary N) is 1. The average molecular weight is 211 g/mol. The zero-order valence-corrected chi connectivity index (χ0v) is 8.40.